The van der Waals surface area contributed by atoms with E-state index in [0.29, 0.717) is 17.4 Å². The Morgan fingerprint density at radius 3 is 2.81 bits per heavy atom. The molecule has 4 heteroatoms. The Morgan fingerprint density at radius 1 is 1.44 bits per heavy atom. The third kappa shape index (κ3) is 3.52. The Kier molecular flexibility index (Phi) is 4.74. The SMILES string of the molecule is Cc1ccnc(NCCNC(C)C)c1C#N. The second kappa shape index (κ2) is 6.09. The third-order valence-corrected chi connectivity index (χ3v) is 2.24. The van der Waals surface area contributed by atoms with Crippen molar-refractivity contribution in [2.45, 2.75) is 26.8 Å². The quantitative estimate of drug-likeness (QED) is 0.738. The Balaban J connectivity index is 2.54. The molecule has 0 atom stereocenters. The Labute approximate surface area is 96.7 Å². The van der Waals surface area contributed by atoms with Crippen molar-refractivity contribution in [3.05, 3.63) is 23.4 Å². The lowest BCUT2D eigenvalue weighted by molar-refractivity contribution is 0.602. The molecular formula is C12H18N4. The fourth-order valence-corrected chi connectivity index (χ4v) is 1.38. The van der Waals surface area contributed by atoms with Gasteiger partial charge in [-0.25, -0.2) is 4.98 Å². The van der Waals surface area contributed by atoms with Crippen molar-refractivity contribution < 1.29 is 0 Å². The van der Waals surface area contributed by atoms with Crippen molar-refractivity contribution in [3.63, 3.8) is 0 Å². The van der Waals surface area contributed by atoms with Gasteiger partial charge in [0.05, 0.1) is 5.56 Å². The first-order valence-electron chi connectivity index (χ1n) is 5.48. The Morgan fingerprint density at radius 2 is 2.19 bits per heavy atom. The second-order valence-corrected chi connectivity index (χ2v) is 4.00. The monoisotopic (exact) mass is 218 g/mol. The van der Waals surface area contributed by atoms with Gasteiger partial charge >= 0.3 is 0 Å². The summed E-state index contributed by atoms with van der Waals surface area (Å²) in [5.74, 6) is 0.674. The molecule has 2 N–H and O–H groups in total. The largest absolute Gasteiger partial charge is 0.368 e. The van der Waals surface area contributed by atoms with Gasteiger partial charge in [0.15, 0.2) is 0 Å². The van der Waals surface area contributed by atoms with Crippen LogP contribution in [0.2, 0.25) is 0 Å². The van der Waals surface area contributed by atoms with Crippen molar-refractivity contribution in [1.82, 2.24) is 10.3 Å². The fraction of sp³-hybridized carbons (Fsp3) is 0.500. The number of hydrogen-bond acceptors (Lipinski definition) is 4. The summed E-state index contributed by atoms with van der Waals surface area (Å²) in [5.41, 5.74) is 1.59. The highest BCUT2D eigenvalue weighted by Gasteiger charge is 2.05. The molecule has 4 nitrogen and oxygen atoms in total. The van der Waals surface area contributed by atoms with E-state index in [1.54, 1.807) is 6.20 Å². The van der Waals surface area contributed by atoms with Crippen molar-refractivity contribution in [1.29, 1.82) is 5.26 Å². The van der Waals surface area contributed by atoms with E-state index in [4.69, 9.17) is 5.26 Å². The van der Waals surface area contributed by atoms with Gasteiger partial charge in [0.2, 0.25) is 0 Å². The molecule has 0 aliphatic heterocycles. The van der Waals surface area contributed by atoms with Crippen LogP contribution in [0.25, 0.3) is 0 Å². The molecule has 0 fully saturated rings. The van der Waals surface area contributed by atoms with Gasteiger partial charge in [-0.2, -0.15) is 5.26 Å². The average molecular weight is 218 g/mol. The van der Waals surface area contributed by atoms with Gasteiger partial charge in [0.1, 0.15) is 11.9 Å². The maximum atomic E-state index is 9.00. The predicted octanol–water partition coefficient (Wildman–Crippen LogP) is 1.67. The minimum atomic E-state index is 0.475. The summed E-state index contributed by atoms with van der Waals surface area (Å²) in [5, 5.41) is 15.5. The highest BCUT2D eigenvalue weighted by atomic mass is 15.0. The van der Waals surface area contributed by atoms with Crippen LogP contribution < -0.4 is 10.6 Å². The number of pyridine rings is 1. The normalized spacial score (nSPS) is 10.2. The van der Waals surface area contributed by atoms with E-state index >= 15 is 0 Å². The summed E-state index contributed by atoms with van der Waals surface area (Å²) in [7, 11) is 0. The molecule has 0 aliphatic rings. The summed E-state index contributed by atoms with van der Waals surface area (Å²) in [6.45, 7) is 7.75. The smallest absolute Gasteiger partial charge is 0.144 e. The fourth-order valence-electron chi connectivity index (χ4n) is 1.38. The van der Waals surface area contributed by atoms with Crippen molar-refractivity contribution >= 4 is 5.82 Å². The number of nitriles is 1. The standard InChI is InChI=1S/C12H18N4/c1-9(2)14-6-7-16-12-11(8-13)10(3)4-5-15-12/h4-5,9,14H,6-7H2,1-3H3,(H,15,16). The molecule has 1 aromatic rings. The van der Waals surface area contributed by atoms with Crippen LogP contribution in [0.1, 0.15) is 25.0 Å². The lowest BCUT2D eigenvalue weighted by atomic mass is 10.1. The van der Waals surface area contributed by atoms with E-state index in [0.717, 1.165) is 18.7 Å². The van der Waals surface area contributed by atoms with E-state index in [1.165, 1.54) is 0 Å². The molecule has 1 aromatic heterocycles. The molecule has 86 valence electrons. The number of nitrogens with zero attached hydrogens (tertiary/aromatic N) is 2. The van der Waals surface area contributed by atoms with Gasteiger partial charge in [-0.15, -0.1) is 0 Å². The molecule has 0 aromatic carbocycles. The van der Waals surface area contributed by atoms with Crippen LogP contribution in [-0.4, -0.2) is 24.1 Å². The number of rotatable bonds is 5. The molecule has 0 unspecified atom stereocenters. The summed E-state index contributed by atoms with van der Waals surface area (Å²) in [6.07, 6.45) is 1.72. The summed E-state index contributed by atoms with van der Waals surface area (Å²) < 4.78 is 0. The highest BCUT2D eigenvalue weighted by Crippen LogP contribution is 2.14. The maximum Gasteiger partial charge on any atom is 0.144 e. The van der Waals surface area contributed by atoms with E-state index in [2.05, 4.69) is 35.5 Å². The zero-order valence-corrected chi connectivity index (χ0v) is 10.0. The van der Waals surface area contributed by atoms with Gasteiger partial charge in [0, 0.05) is 25.3 Å². The van der Waals surface area contributed by atoms with Gasteiger partial charge in [-0.3, -0.25) is 0 Å². The number of hydrogen-bond donors (Lipinski definition) is 2. The second-order valence-electron chi connectivity index (χ2n) is 4.00. The van der Waals surface area contributed by atoms with Crippen LogP contribution in [0.3, 0.4) is 0 Å². The average Bonchev–Trinajstić information content (AvgIpc) is 2.24. The third-order valence-electron chi connectivity index (χ3n) is 2.24. The van der Waals surface area contributed by atoms with Gasteiger partial charge in [-0.05, 0) is 18.6 Å². The Hall–Kier alpha value is -1.60. The first-order valence-corrected chi connectivity index (χ1v) is 5.48. The van der Waals surface area contributed by atoms with Crippen molar-refractivity contribution in [2.75, 3.05) is 18.4 Å². The molecule has 0 saturated heterocycles. The van der Waals surface area contributed by atoms with Crippen LogP contribution in [0, 0.1) is 18.3 Å². The predicted molar refractivity (Wildman–Crippen MR) is 65.3 cm³/mol. The van der Waals surface area contributed by atoms with E-state index in [-0.39, 0.29) is 0 Å². The van der Waals surface area contributed by atoms with Crippen molar-refractivity contribution in [3.8, 4) is 6.07 Å². The molecule has 0 aliphatic carbocycles. The molecule has 0 spiro atoms. The van der Waals surface area contributed by atoms with Gasteiger partial charge in [-0.1, -0.05) is 13.8 Å². The van der Waals surface area contributed by atoms with E-state index < -0.39 is 0 Å². The van der Waals surface area contributed by atoms with Crippen LogP contribution >= 0.6 is 0 Å². The van der Waals surface area contributed by atoms with E-state index in [1.807, 2.05) is 13.0 Å². The molecule has 16 heavy (non-hydrogen) atoms. The number of anilines is 1. The summed E-state index contributed by atoms with van der Waals surface area (Å²) >= 11 is 0. The number of nitrogens with one attached hydrogen (secondary N) is 2. The summed E-state index contributed by atoms with van der Waals surface area (Å²) in [4.78, 5) is 4.17. The number of aromatic nitrogens is 1. The van der Waals surface area contributed by atoms with Crippen molar-refractivity contribution in [2.24, 2.45) is 0 Å². The minimum Gasteiger partial charge on any atom is -0.368 e. The van der Waals surface area contributed by atoms with E-state index in [9.17, 15) is 0 Å². The lowest BCUT2D eigenvalue weighted by Crippen LogP contribution is -2.28. The minimum absolute atomic E-state index is 0.475. The molecular weight excluding hydrogens is 200 g/mol. The first kappa shape index (κ1) is 12.5. The zero-order valence-electron chi connectivity index (χ0n) is 10.0. The highest BCUT2D eigenvalue weighted by molar-refractivity contribution is 5.55. The molecule has 0 bridgehead atoms. The van der Waals surface area contributed by atoms with Gasteiger partial charge < -0.3 is 10.6 Å². The first-order chi connectivity index (χ1) is 7.65. The molecule has 0 amide bonds. The molecule has 1 rings (SSSR count). The molecule has 0 saturated carbocycles. The maximum absolute atomic E-state index is 9.00. The zero-order chi connectivity index (χ0) is 12.0. The Bertz CT molecular complexity index is 379. The lowest BCUT2D eigenvalue weighted by Gasteiger charge is -2.10. The summed E-state index contributed by atoms with van der Waals surface area (Å²) in [6, 6.07) is 4.49. The van der Waals surface area contributed by atoms with Crippen LogP contribution in [0.5, 0.6) is 0 Å². The molecule has 1 heterocycles. The number of aryl methyl sites for hydroxylation is 1. The van der Waals surface area contributed by atoms with Crippen LogP contribution in [0.15, 0.2) is 12.3 Å². The topological polar surface area (TPSA) is 60.7 Å². The molecule has 0 radical (unpaired) electrons. The van der Waals surface area contributed by atoms with Gasteiger partial charge in [0.25, 0.3) is 0 Å². The van der Waals surface area contributed by atoms with Crippen LogP contribution in [-0.2, 0) is 0 Å². The van der Waals surface area contributed by atoms with Crippen LogP contribution in [0.4, 0.5) is 5.82 Å².